The van der Waals surface area contributed by atoms with Gasteiger partial charge in [-0.3, -0.25) is 19.1 Å². The van der Waals surface area contributed by atoms with Crippen molar-refractivity contribution in [2.75, 3.05) is 18.1 Å². The van der Waals surface area contributed by atoms with Crippen LogP contribution in [0.4, 0.5) is 5.82 Å². The number of ether oxygens (including phenoxy) is 2. The summed E-state index contributed by atoms with van der Waals surface area (Å²) in [4.78, 5) is 39.1. The highest BCUT2D eigenvalue weighted by molar-refractivity contribution is 7.99. The summed E-state index contributed by atoms with van der Waals surface area (Å²) in [6.45, 7) is 2.44. The quantitative estimate of drug-likeness (QED) is 0.393. The zero-order chi connectivity index (χ0) is 22.8. The summed E-state index contributed by atoms with van der Waals surface area (Å²) in [6, 6.07) is 7.35. The molecule has 4 rings (SSSR count). The van der Waals surface area contributed by atoms with E-state index in [1.807, 2.05) is 31.2 Å². The van der Waals surface area contributed by atoms with Gasteiger partial charge in [-0.15, -0.1) is 10.2 Å². The number of anilines is 1. The number of Topliss-reactive ketones (excluding diaryl/α,β-unsaturated/α-hetero) is 1. The van der Waals surface area contributed by atoms with Crippen molar-refractivity contribution < 1.29 is 14.3 Å². The molecular formula is C20H22N6O5S. The van der Waals surface area contributed by atoms with Gasteiger partial charge in [-0.1, -0.05) is 30.8 Å². The molecule has 0 aliphatic carbocycles. The largest absolute Gasteiger partial charge is 0.485 e. The Morgan fingerprint density at radius 2 is 2.03 bits per heavy atom. The average Bonchev–Trinajstić information content (AvgIpc) is 3.15. The number of carbonyl (C=O) groups is 1. The molecule has 1 aliphatic heterocycles. The molecule has 1 aromatic carbocycles. The van der Waals surface area contributed by atoms with Crippen LogP contribution in [-0.4, -0.2) is 42.5 Å². The number of thioether (sulfide) groups is 1. The van der Waals surface area contributed by atoms with E-state index in [-0.39, 0.29) is 23.7 Å². The van der Waals surface area contributed by atoms with Crippen LogP contribution < -0.4 is 26.5 Å². The molecule has 0 saturated heterocycles. The molecule has 3 aromatic rings. The standard InChI is InChI=1S/C20H22N6O5S/c1-3-8-26-16(21)15(18(28)22-19(26)29)11(27)10-32-20-24-23-17(25(20)2)14-9-30-12-6-4-5-7-13(12)31-14/h4-7,14H,3,8-10,21H2,1-2H3,(H,22,28,29). The van der Waals surface area contributed by atoms with Crippen LogP contribution in [0.2, 0.25) is 0 Å². The number of nitrogens with two attached hydrogens (primary N) is 1. The highest BCUT2D eigenvalue weighted by Gasteiger charge is 2.28. The molecule has 12 heteroatoms. The van der Waals surface area contributed by atoms with Gasteiger partial charge in [0, 0.05) is 13.6 Å². The lowest BCUT2D eigenvalue weighted by Gasteiger charge is -2.25. The molecule has 3 heterocycles. The molecular weight excluding hydrogens is 436 g/mol. The number of hydrogen-bond acceptors (Lipinski definition) is 9. The number of fused-ring (bicyclic) bond motifs is 1. The summed E-state index contributed by atoms with van der Waals surface area (Å²) in [5.41, 5.74) is 4.31. The highest BCUT2D eigenvalue weighted by Crippen LogP contribution is 2.35. The Morgan fingerprint density at radius 3 is 2.78 bits per heavy atom. The number of nitrogen functional groups attached to an aromatic ring is 1. The minimum absolute atomic E-state index is 0.103. The zero-order valence-electron chi connectivity index (χ0n) is 17.5. The van der Waals surface area contributed by atoms with Crippen LogP contribution in [0.5, 0.6) is 11.5 Å². The maximum Gasteiger partial charge on any atom is 0.329 e. The maximum absolute atomic E-state index is 12.7. The van der Waals surface area contributed by atoms with E-state index in [2.05, 4.69) is 15.2 Å². The zero-order valence-corrected chi connectivity index (χ0v) is 18.3. The van der Waals surface area contributed by atoms with Crippen LogP contribution in [0, 0.1) is 0 Å². The summed E-state index contributed by atoms with van der Waals surface area (Å²) in [6.07, 6.45) is 0.168. The second kappa shape index (κ2) is 8.91. The second-order valence-electron chi connectivity index (χ2n) is 7.15. The number of carbonyl (C=O) groups excluding carboxylic acids is 1. The van der Waals surface area contributed by atoms with Crippen molar-refractivity contribution >= 4 is 23.4 Å². The molecule has 168 valence electrons. The molecule has 1 unspecified atom stereocenters. The Labute approximate surface area is 186 Å². The third-order valence-electron chi connectivity index (χ3n) is 4.96. The van der Waals surface area contributed by atoms with Gasteiger partial charge in [0.05, 0.1) is 5.75 Å². The number of nitrogens with one attached hydrogen (secondary N) is 1. The second-order valence-corrected chi connectivity index (χ2v) is 8.09. The van der Waals surface area contributed by atoms with Gasteiger partial charge in [0.1, 0.15) is 18.0 Å². The Kier molecular flexibility index (Phi) is 6.04. The van der Waals surface area contributed by atoms with Gasteiger partial charge in [0.2, 0.25) is 0 Å². The van der Waals surface area contributed by atoms with Crippen LogP contribution in [0.3, 0.4) is 0 Å². The Hall–Kier alpha value is -3.54. The first-order chi connectivity index (χ1) is 15.4. The number of aromatic nitrogens is 5. The van der Waals surface area contributed by atoms with E-state index < -0.39 is 23.1 Å². The minimum Gasteiger partial charge on any atom is -0.485 e. The van der Waals surface area contributed by atoms with Crippen molar-refractivity contribution in [1.29, 1.82) is 0 Å². The molecule has 1 aliphatic rings. The van der Waals surface area contributed by atoms with Crippen molar-refractivity contribution in [2.24, 2.45) is 7.05 Å². The summed E-state index contributed by atoms with van der Waals surface area (Å²) in [5, 5.41) is 8.79. The predicted molar refractivity (Wildman–Crippen MR) is 117 cm³/mol. The summed E-state index contributed by atoms with van der Waals surface area (Å²) < 4.78 is 14.6. The summed E-state index contributed by atoms with van der Waals surface area (Å²) >= 11 is 1.11. The predicted octanol–water partition coefficient (Wildman–Crippen LogP) is 1.14. The third kappa shape index (κ3) is 4.00. The van der Waals surface area contributed by atoms with E-state index in [1.54, 1.807) is 11.6 Å². The van der Waals surface area contributed by atoms with Crippen LogP contribution >= 0.6 is 11.8 Å². The first-order valence-corrected chi connectivity index (χ1v) is 11.0. The number of H-pyrrole nitrogens is 1. The van der Waals surface area contributed by atoms with E-state index in [0.29, 0.717) is 35.4 Å². The van der Waals surface area contributed by atoms with E-state index >= 15 is 0 Å². The van der Waals surface area contributed by atoms with Crippen molar-refractivity contribution in [3.05, 3.63) is 56.5 Å². The van der Waals surface area contributed by atoms with Crippen LogP contribution in [0.1, 0.15) is 35.6 Å². The fourth-order valence-electron chi connectivity index (χ4n) is 3.38. The van der Waals surface area contributed by atoms with Gasteiger partial charge < -0.3 is 19.8 Å². The number of benzene rings is 1. The molecule has 0 radical (unpaired) electrons. The van der Waals surface area contributed by atoms with Gasteiger partial charge in [-0.2, -0.15) is 0 Å². The van der Waals surface area contributed by atoms with E-state index in [0.717, 1.165) is 11.8 Å². The Bertz CT molecular complexity index is 1280. The van der Waals surface area contributed by atoms with Crippen LogP contribution in [-0.2, 0) is 13.6 Å². The Morgan fingerprint density at radius 1 is 1.28 bits per heavy atom. The molecule has 1 atom stereocenters. The molecule has 2 aromatic heterocycles. The minimum atomic E-state index is -0.796. The van der Waals surface area contributed by atoms with Gasteiger partial charge >= 0.3 is 5.69 Å². The number of nitrogens with zero attached hydrogens (tertiary/aromatic N) is 4. The van der Waals surface area contributed by atoms with Crippen molar-refractivity contribution in [1.82, 2.24) is 24.3 Å². The third-order valence-corrected chi connectivity index (χ3v) is 5.98. The molecule has 3 N–H and O–H groups in total. The monoisotopic (exact) mass is 458 g/mol. The number of aromatic amines is 1. The normalized spacial score (nSPS) is 15.0. The van der Waals surface area contributed by atoms with Gasteiger partial charge in [-0.05, 0) is 18.6 Å². The number of para-hydroxylation sites is 2. The Balaban J connectivity index is 1.50. The number of hydrogen-bond donors (Lipinski definition) is 2. The summed E-state index contributed by atoms with van der Waals surface area (Å²) in [7, 11) is 1.76. The maximum atomic E-state index is 12.7. The van der Waals surface area contributed by atoms with E-state index in [4.69, 9.17) is 15.2 Å². The fraction of sp³-hybridized carbons (Fsp3) is 0.350. The molecule has 0 spiro atoms. The topological polar surface area (TPSA) is 147 Å². The summed E-state index contributed by atoms with van der Waals surface area (Å²) in [5.74, 6) is 1.09. The van der Waals surface area contributed by atoms with Gasteiger partial charge in [-0.25, -0.2) is 4.79 Å². The van der Waals surface area contributed by atoms with Crippen molar-refractivity contribution in [3.8, 4) is 11.5 Å². The van der Waals surface area contributed by atoms with E-state index in [9.17, 15) is 14.4 Å². The van der Waals surface area contributed by atoms with Crippen molar-refractivity contribution in [2.45, 2.75) is 31.1 Å². The molecule has 0 saturated carbocycles. The van der Waals surface area contributed by atoms with Gasteiger partial charge in [0.15, 0.2) is 34.4 Å². The van der Waals surface area contributed by atoms with Crippen LogP contribution in [0.25, 0.3) is 0 Å². The molecule has 0 fully saturated rings. The number of ketones is 1. The molecule has 0 amide bonds. The number of rotatable bonds is 7. The lowest BCUT2D eigenvalue weighted by molar-refractivity contribution is 0.0825. The smallest absolute Gasteiger partial charge is 0.329 e. The molecule has 32 heavy (non-hydrogen) atoms. The van der Waals surface area contributed by atoms with E-state index in [1.165, 1.54) is 4.57 Å². The molecule has 0 bridgehead atoms. The van der Waals surface area contributed by atoms with Crippen LogP contribution in [0.15, 0.2) is 39.0 Å². The van der Waals surface area contributed by atoms with Gasteiger partial charge in [0.25, 0.3) is 5.56 Å². The fourth-order valence-corrected chi connectivity index (χ4v) is 4.17. The van der Waals surface area contributed by atoms with Crippen molar-refractivity contribution in [3.63, 3.8) is 0 Å². The lowest BCUT2D eigenvalue weighted by atomic mass is 10.2. The first kappa shape index (κ1) is 21.7. The molecule has 11 nitrogen and oxygen atoms in total. The highest BCUT2D eigenvalue weighted by atomic mass is 32.2. The average molecular weight is 459 g/mol. The SMILES string of the molecule is CCCn1c(N)c(C(=O)CSc2nnc(C3COc4ccccc4O3)n2C)c(=O)[nH]c1=O. The first-order valence-electron chi connectivity index (χ1n) is 9.97. The lowest BCUT2D eigenvalue weighted by Crippen LogP contribution is -2.36.